The molecule has 11 heteroatoms. The van der Waals surface area contributed by atoms with E-state index >= 15 is 0 Å². The zero-order valence-electron chi connectivity index (χ0n) is 18.4. The molecule has 0 N–H and O–H groups in total. The largest absolute Gasteiger partial charge is 0.486 e. The molecule has 0 saturated carbocycles. The summed E-state index contributed by atoms with van der Waals surface area (Å²) in [6.07, 6.45) is 0.541. The Bertz CT molecular complexity index is 1270. The number of hydrogen-bond donors (Lipinski definition) is 0. The molecule has 0 aliphatic carbocycles. The highest BCUT2D eigenvalue weighted by molar-refractivity contribution is 7.89. The van der Waals surface area contributed by atoms with Gasteiger partial charge in [-0.05, 0) is 12.1 Å². The molecule has 0 spiro atoms. The number of hydrogen-bond acceptors (Lipinski definition) is 8. The third-order valence-corrected chi connectivity index (χ3v) is 7.69. The number of aryl methyl sites for hydroxylation is 1. The van der Waals surface area contributed by atoms with Crippen LogP contribution in [0.5, 0.6) is 11.5 Å². The zero-order valence-corrected chi connectivity index (χ0v) is 19.2. The van der Waals surface area contributed by atoms with Crippen molar-refractivity contribution in [1.29, 1.82) is 0 Å². The molecule has 2 aromatic carbocycles. The minimum absolute atomic E-state index is 0.0733. The lowest BCUT2D eigenvalue weighted by molar-refractivity contribution is -0.132. The molecule has 0 atom stereocenters. The van der Waals surface area contributed by atoms with Crippen LogP contribution in [0.25, 0.3) is 11.4 Å². The van der Waals surface area contributed by atoms with Gasteiger partial charge in [0.1, 0.15) is 13.2 Å². The Balaban J connectivity index is 1.15. The van der Waals surface area contributed by atoms with Gasteiger partial charge in [-0.3, -0.25) is 4.79 Å². The van der Waals surface area contributed by atoms with Gasteiger partial charge >= 0.3 is 0 Å². The average molecular weight is 485 g/mol. The fourth-order valence-corrected chi connectivity index (χ4v) is 5.38. The van der Waals surface area contributed by atoms with Crippen molar-refractivity contribution in [2.75, 3.05) is 39.4 Å². The smallest absolute Gasteiger partial charge is 0.243 e. The van der Waals surface area contributed by atoms with E-state index in [-0.39, 0.29) is 30.3 Å². The Labute approximate surface area is 197 Å². The van der Waals surface area contributed by atoms with Crippen LogP contribution in [0.3, 0.4) is 0 Å². The Hall–Kier alpha value is -3.44. The molecule has 1 saturated heterocycles. The third-order valence-electron chi connectivity index (χ3n) is 5.80. The quantitative estimate of drug-likeness (QED) is 0.522. The van der Waals surface area contributed by atoms with Gasteiger partial charge in [-0.25, -0.2) is 8.42 Å². The number of ether oxygens (including phenoxy) is 2. The first-order valence-electron chi connectivity index (χ1n) is 11.1. The highest BCUT2D eigenvalue weighted by Gasteiger charge is 2.31. The number of sulfonamides is 1. The van der Waals surface area contributed by atoms with Crippen LogP contribution in [0.15, 0.2) is 57.9 Å². The molecule has 1 fully saturated rings. The van der Waals surface area contributed by atoms with Crippen LogP contribution < -0.4 is 9.47 Å². The number of aromatic nitrogens is 2. The van der Waals surface area contributed by atoms with Gasteiger partial charge < -0.3 is 18.9 Å². The number of amides is 1. The summed E-state index contributed by atoms with van der Waals surface area (Å²) in [6.45, 7) is 1.91. The summed E-state index contributed by atoms with van der Waals surface area (Å²) in [5.74, 6) is 1.78. The van der Waals surface area contributed by atoms with Crippen molar-refractivity contribution in [3.8, 4) is 22.9 Å². The SMILES string of the molecule is O=C(CCc1nc(-c2ccccc2)no1)N1CCN(S(=O)(=O)c2ccc3c(c2)OCCO3)CC1. The third kappa shape index (κ3) is 4.62. The predicted molar refractivity (Wildman–Crippen MR) is 121 cm³/mol. The van der Waals surface area contributed by atoms with Gasteiger partial charge in [-0.1, -0.05) is 35.5 Å². The number of fused-ring (bicyclic) bond motifs is 1. The minimum atomic E-state index is -3.70. The molecule has 5 rings (SSSR count). The Morgan fingerprint density at radius 1 is 0.941 bits per heavy atom. The second-order valence-electron chi connectivity index (χ2n) is 7.97. The molecule has 3 heterocycles. The van der Waals surface area contributed by atoms with E-state index in [1.807, 2.05) is 30.3 Å². The Morgan fingerprint density at radius 2 is 1.68 bits per heavy atom. The molecule has 0 bridgehead atoms. The van der Waals surface area contributed by atoms with Gasteiger partial charge in [0, 0.05) is 50.7 Å². The standard InChI is InChI=1S/C23H24N4O6S/c28-22(9-8-21-24-23(25-33-21)17-4-2-1-3-5-17)26-10-12-27(13-11-26)34(29,30)18-6-7-19-20(16-18)32-15-14-31-19/h1-7,16H,8-15H2. The second kappa shape index (κ2) is 9.43. The number of rotatable bonds is 6. The number of carbonyl (C=O) groups is 1. The molecule has 178 valence electrons. The highest BCUT2D eigenvalue weighted by atomic mass is 32.2. The molecule has 1 amide bonds. The van der Waals surface area contributed by atoms with Crippen LogP contribution in [0.1, 0.15) is 12.3 Å². The molecule has 3 aromatic rings. The van der Waals surface area contributed by atoms with Gasteiger partial charge in [0.2, 0.25) is 27.6 Å². The number of carbonyl (C=O) groups excluding carboxylic acids is 1. The van der Waals surface area contributed by atoms with Crippen molar-refractivity contribution in [2.45, 2.75) is 17.7 Å². The topological polar surface area (TPSA) is 115 Å². The lowest BCUT2D eigenvalue weighted by Gasteiger charge is -2.34. The number of piperazine rings is 1. The van der Waals surface area contributed by atoms with Gasteiger partial charge in [0.05, 0.1) is 4.90 Å². The monoisotopic (exact) mass is 484 g/mol. The van der Waals surface area contributed by atoms with Gasteiger partial charge in [0.15, 0.2) is 11.5 Å². The summed E-state index contributed by atoms with van der Waals surface area (Å²) in [7, 11) is -3.70. The minimum Gasteiger partial charge on any atom is -0.486 e. The van der Waals surface area contributed by atoms with E-state index in [9.17, 15) is 13.2 Å². The van der Waals surface area contributed by atoms with Crippen molar-refractivity contribution in [2.24, 2.45) is 0 Å². The summed E-state index contributed by atoms with van der Waals surface area (Å²) >= 11 is 0. The number of benzene rings is 2. The molecule has 10 nitrogen and oxygen atoms in total. The maximum Gasteiger partial charge on any atom is 0.243 e. The first-order valence-corrected chi connectivity index (χ1v) is 12.5. The van der Waals surface area contributed by atoms with Crippen LogP contribution in [-0.4, -0.2) is 73.1 Å². The summed E-state index contributed by atoms with van der Waals surface area (Å²) in [6, 6.07) is 14.1. The fraction of sp³-hybridized carbons (Fsp3) is 0.348. The molecule has 0 unspecified atom stereocenters. The van der Waals surface area contributed by atoms with Crippen molar-refractivity contribution in [1.82, 2.24) is 19.3 Å². The Morgan fingerprint density at radius 3 is 2.44 bits per heavy atom. The first kappa shape index (κ1) is 22.4. The fourth-order valence-electron chi connectivity index (χ4n) is 3.94. The van der Waals surface area contributed by atoms with Crippen molar-refractivity contribution >= 4 is 15.9 Å². The van der Waals surface area contributed by atoms with Gasteiger partial charge in [-0.2, -0.15) is 9.29 Å². The Kier molecular flexibility index (Phi) is 6.20. The zero-order chi connectivity index (χ0) is 23.5. The molecule has 2 aliphatic rings. The summed E-state index contributed by atoms with van der Waals surface area (Å²) < 4.78 is 43.8. The maximum absolute atomic E-state index is 13.1. The highest BCUT2D eigenvalue weighted by Crippen LogP contribution is 2.33. The normalized spacial score (nSPS) is 16.4. The van der Waals surface area contributed by atoms with E-state index in [4.69, 9.17) is 14.0 Å². The van der Waals surface area contributed by atoms with Gasteiger partial charge in [-0.15, -0.1) is 0 Å². The van der Waals surface area contributed by atoms with E-state index in [0.29, 0.717) is 55.9 Å². The molecular formula is C23H24N4O6S. The van der Waals surface area contributed by atoms with Crippen LogP contribution in [0, 0.1) is 0 Å². The molecule has 1 aromatic heterocycles. The summed E-state index contributed by atoms with van der Waals surface area (Å²) in [4.78, 5) is 18.8. The van der Waals surface area contributed by atoms with Crippen molar-refractivity contribution < 1.29 is 27.2 Å². The van der Waals surface area contributed by atoms with E-state index in [2.05, 4.69) is 10.1 Å². The number of nitrogens with zero attached hydrogens (tertiary/aromatic N) is 4. The van der Waals surface area contributed by atoms with Crippen molar-refractivity contribution in [3.05, 3.63) is 54.4 Å². The van der Waals surface area contributed by atoms with Crippen molar-refractivity contribution in [3.63, 3.8) is 0 Å². The summed E-state index contributed by atoms with van der Waals surface area (Å²) in [5.41, 5.74) is 0.846. The van der Waals surface area contributed by atoms with Crippen LogP contribution in [0.4, 0.5) is 0 Å². The molecule has 34 heavy (non-hydrogen) atoms. The van der Waals surface area contributed by atoms with Crippen LogP contribution in [0.2, 0.25) is 0 Å². The lowest BCUT2D eigenvalue weighted by Crippen LogP contribution is -2.50. The summed E-state index contributed by atoms with van der Waals surface area (Å²) in [5, 5.41) is 3.97. The van der Waals surface area contributed by atoms with E-state index < -0.39 is 10.0 Å². The second-order valence-corrected chi connectivity index (χ2v) is 9.91. The van der Waals surface area contributed by atoms with E-state index in [0.717, 1.165) is 5.56 Å². The predicted octanol–water partition coefficient (Wildman–Crippen LogP) is 1.97. The first-order chi connectivity index (χ1) is 16.5. The van der Waals surface area contributed by atoms with Gasteiger partial charge in [0.25, 0.3) is 0 Å². The molecule has 0 radical (unpaired) electrons. The maximum atomic E-state index is 13.1. The van der Waals surface area contributed by atoms with E-state index in [1.165, 1.54) is 16.4 Å². The lowest BCUT2D eigenvalue weighted by atomic mass is 10.2. The molecular weight excluding hydrogens is 460 g/mol. The molecule has 2 aliphatic heterocycles. The van der Waals surface area contributed by atoms with Crippen LogP contribution >= 0.6 is 0 Å². The van der Waals surface area contributed by atoms with E-state index in [1.54, 1.807) is 11.0 Å². The van der Waals surface area contributed by atoms with Crippen LogP contribution in [-0.2, 0) is 21.2 Å². The average Bonchev–Trinajstić information content (AvgIpc) is 3.37.